The van der Waals surface area contributed by atoms with Crippen molar-refractivity contribution >= 4 is 0 Å². The molecule has 21 heavy (non-hydrogen) atoms. The summed E-state index contributed by atoms with van der Waals surface area (Å²) in [5, 5.41) is 9.24. The Morgan fingerprint density at radius 1 is 1.14 bits per heavy atom. The Morgan fingerprint density at radius 3 is 2.67 bits per heavy atom. The molecule has 3 rings (SSSR count). The average molecular weight is 291 g/mol. The number of fused-ring (bicyclic) bond motifs is 1. The molecule has 1 N–H and O–H groups in total. The molecule has 1 heterocycles. The fraction of sp³-hybridized carbons (Fsp3) is 0.647. The summed E-state index contributed by atoms with van der Waals surface area (Å²) in [6.07, 6.45) is 4.62. The summed E-state index contributed by atoms with van der Waals surface area (Å²) in [4.78, 5) is 2.42. The highest BCUT2D eigenvalue weighted by Crippen LogP contribution is 2.35. The van der Waals surface area contributed by atoms with Gasteiger partial charge < -0.3 is 14.6 Å². The number of hydrogen-bond acceptors (Lipinski definition) is 4. The van der Waals surface area contributed by atoms with Crippen LogP contribution in [0.2, 0.25) is 0 Å². The van der Waals surface area contributed by atoms with E-state index in [0.717, 1.165) is 30.9 Å². The number of aliphatic hydroxyl groups is 1. The maximum Gasteiger partial charge on any atom is 0.165 e. The van der Waals surface area contributed by atoms with Crippen molar-refractivity contribution < 1.29 is 14.6 Å². The first-order valence-electron chi connectivity index (χ1n) is 7.96. The van der Waals surface area contributed by atoms with E-state index in [1.807, 2.05) is 12.1 Å². The molecule has 0 atom stereocenters. The Bertz CT molecular complexity index is 469. The highest BCUT2D eigenvalue weighted by Gasteiger charge is 2.25. The molecule has 1 saturated carbocycles. The van der Waals surface area contributed by atoms with E-state index in [-0.39, 0.29) is 0 Å². The van der Waals surface area contributed by atoms with E-state index in [0.29, 0.717) is 31.8 Å². The van der Waals surface area contributed by atoms with Crippen molar-refractivity contribution in [3.8, 4) is 11.5 Å². The molecule has 1 aliphatic heterocycles. The van der Waals surface area contributed by atoms with Crippen LogP contribution in [0.5, 0.6) is 11.5 Å². The molecule has 0 spiro atoms. The summed E-state index contributed by atoms with van der Waals surface area (Å²) in [7, 11) is 2.19. The second-order valence-electron chi connectivity index (χ2n) is 6.21. The van der Waals surface area contributed by atoms with Gasteiger partial charge in [-0.25, -0.2) is 0 Å². The number of aliphatic hydroxyl groups excluding tert-OH is 1. The van der Waals surface area contributed by atoms with Crippen molar-refractivity contribution in [2.24, 2.45) is 5.92 Å². The number of rotatable bonds is 4. The third kappa shape index (κ3) is 3.33. The van der Waals surface area contributed by atoms with Gasteiger partial charge in [-0.05, 0) is 44.7 Å². The van der Waals surface area contributed by atoms with Gasteiger partial charge in [-0.2, -0.15) is 0 Å². The summed E-state index contributed by atoms with van der Waals surface area (Å²) in [5.41, 5.74) is 1.21. The van der Waals surface area contributed by atoms with Gasteiger partial charge >= 0.3 is 0 Å². The monoisotopic (exact) mass is 291 g/mol. The van der Waals surface area contributed by atoms with E-state index < -0.39 is 0 Å². The van der Waals surface area contributed by atoms with Crippen LogP contribution in [0.1, 0.15) is 31.2 Å². The molecular weight excluding hydrogens is 266 g/mol. The Kier molecular flexibility index (Phi) is 4.66. The van der Waals surface area contributed by atoms with E-state index in [4.69, 9.17) is 9.47 Å². The molecule has 0 bridgehead atoms. The zero-order valence-corrected chi connectivity index (χ0v) is 12.8. The van der Waals surface area contributed by atoms with Crippen molar-refractivity contribution in [2.75, 3.05) is 26.9 Å². The van der Waals surface area contributed by atoms with Crippen LogP contribution in [0.25, 0.3) is 0 Å². The van der Waals surface area contributed by atoms with Gasteiger partial charge in [0.05, 0.1) is 0 Å². The van der Waals surface area contributed by atoms with Gasteiger partial charge in [0.2, 0.25) is 0 Å². The van der Waals surface area contributed by atoms with Crippen LogP contribution in [0.3, 0.4) is 0 Å². The molecule has 4 nitrogen and oxygen atoms in total. The Labute approximate surface area is 126 Å². The quantitative estimate of drug-likeness (QED) is 0.925. The van der Waals surface area contributed by atoms with Crippen LogP contribution < -0.4 is 9.47 Å². The number of benzene rings is 1. The lowest BCUT2D eigenvalue weighted by atomic mass is 9.86. The van der Waals surface area contributed by atoms with Gasteiger partial charge in [0.25, 0.3) is 0 Å². The lowest BCUT2D eigenvalue weighted by molar-refractivity contribution is 0.121. The minimum Gasteiger partial charge on any atom is -0.486 e. The number of hydrogen-bond donors (Lipinski definition) is 1. The van der Waals surface area contributed by atoms with Gasteiger partial charge in [-0.1, -0.05) is 12.1 Å². The van der Waals surface area contributed by atoms with Crippen LogP contribution in [0.4, 0.5) is 0 Å². The molecule has 1 fully saturated rings. The third-order valence-corrected chi connectivity index (χ3v) is 4.77. The first-order chi connectivity index (χ1) is 10.3. The minimum absolute atomic E-state index is 0.341. The summed E-state index contributed by atoms with van der Waals surface area (Å²) in [5.74, 6) is 2.30. The minimum atomic E-state index is 0.341. The maximum absolute atomic E-state index is 9.24. The molecular formula is C17H25NO3. The molecule has 0 aromatic heterocycles. The molecule has 1 aliphatic carbocycles. The zero-order valence-electron chi connectivity index (χ0n) is 12.8. The summed E-state index contributed by atoms with van der Waals surface area (Å²) >= 11 is 0. The molecule has 116 valence electrons. The predicted molar refractivity (Wildman–Crippen MR) is 81.7 cm³/mol. The second-order valence-corrected chi connectivity index (χ2v) is 6.21. The van der Waals surface area contributed by atoms with E-state index in [9.17, 15) is 5.11 Å². The summed E-state index contributed by atoms with van der Waals surface area (Å²) in [6.45, 7) is 2.50. The summed E-state index contributed by atoms with van der Waals surface area (Å²) < 4.78 is 11.4. The van der Waals surface area contributed by atoms with Gasteiger partial charge in [0.15, 0.2) is 11.5 Å². The van der Waals surface area contributed by atoms with E-state index >= 15 is 0 Å². The van der Waals surface area contributed by atoms with Crippen molar-refractivity contribution in [2.45, 2.75) is 38.3 Å². The average Bonchev–Trinajstić information content (AvgIpc) is 2.55. The van der Waals surface area contributed by atoms with Crippen molar-refractivity contribution in [1.82, 2.24) is 4.90 Å². The zero-order chi connectivity index (χ0) is 14.7. The lowest BCUT2D eigenvalue weighted by Gasteiger charge is -2.34. The highest BCUT2D eigenvalue weighted by atomic mass is 16.6. The fourth-order valence-corrected chi connectivity index (χ4v) is 3.42. The Balaban J connectivity index is 1.64. The Morgan fingerprint density at radius 2 is 1.90 bits per heavy atom. The first kappa shape index (κ1) is 14.7. The Hall–Kier alpha value is -1.26. The molecule has 2 aliphatic rings. The standard InChI is InChI=1S/C17H25NO3/c1-18(15-7-5-13(12-19)6-8-15)11-14-3-2-4-16-17(14)21-10-9-20-16/h2-4,13,15,19H,5-12H2,1H3. The van der Waals surface area contributed by atoms with Crippen molar-refractivity contribution in [1.29, 1.82) is 0 Å². The van der Waals surface area contributed by atoms with Gasteiger partial charge in [0.1, 0.15) is 13.2 Å². The first-order valence-corrected chi connectivity index (χ1v) is 7.96. The normalized spacial score (nSPS) is 25.1. The fourth-order valence-electron chi connectivity index (χ4n) is 3.42. The second kappa shape index (κ2) is 6.67. The van der Waals surface area contributed by atoms with Crippen LogP contribution >= 0.6 is 0 Å². The van der Waals surface area contributed by atoms with Crippen LogP contribution in [0.15, 0.2) is 18.2 Å². The maximum atomic E-state index is 9.24. The SMILES string of the molecule is CN(Cc1cccc2c1OCCO2)C1CCC(CO)CC1. The number of nitrogens with zero attached hydrogens (tertiary/aromatic N) is 1. The van der Waals surface area contributed by atoms with E-state index in [2.05, 4.69) is 18.0 Å². The molecule has 0 saturated heterocycles. The largest absolute Gasteiger partial charge is 0.486 e. The lowest BCUT2D eigenvalue weighted by Crippen LogP contribution is -2.35. The summed E-state index contributed by atoms with van der Waals surface area (Å²) in [6, 6.07) is 6.75. The van der Waals surface area contributed by atoms with Crippen LogP contribution in [-0.4, -0.2) is 42.9 Å². The van der Waals surface area contributed by atoms with E-state index in [1.54, 1.807) is 0 Å². The highest BCUT2D eigenvalue weighted by molar-refractivity contribution is 5.47. The molecule has 0 radical (unpaired) electrons. The van der Waals surface area contributed by atoms with E-state index in [1.165, 1.54) is 18.4 Å². The topological polar surface area (TPSA) is 41.9 Å². The number of ether oxygens (including phenoxy) is 2. The predicted octanol–water partition coefficient (Wildman–Crippen LogP) is 2.44. The third-order valence-electron chi connectivity index (χ3n) is 4.77. The molecule has 1 aromatic rings. The van der Waals surface area contributed by atoms with Crippen LogP contribution in [0, 0.1) is 5.92 Å². The van der Waals surface area contributed by atoms with Gasteiger partial charge in [-0.3, -0.25) is 4.90 Å². The number of para-hydroxylation sites is 1. The molecule has 1 aromatic carbocycles. The molecule has 4 heteroatoms. The van der Waals surface area contributed by atoms with Crippen molar-refractivity contribution in [3.05, 3.63) is 23.8 Å². The van der Waals surface area contributed by atoms with Gasteiger partial charge in [-0.15, -0.1) is 0 Å². The molecule has 0 amide bonds. The van der Waals surface area contributed by atoms with Crippen molar-refractivity contribution in [3.63, 3.8) is 0 Å². The molecule has 0 unspecified atom stereocenters. The smallest absolute Gasteiger partial charge is 0.165 e. The van der Waals surface area contributed by atoms with Crippen LogP contribution in [-0.2, 0) is 6.54 Å². The van der Waals surface area contributed by atoms with Gasteiger partial charge in [0, 0.05) is 24.8 Å².